The molecule has 0 spiro atoms. The molecule has 1 aliphatic heterocycles. The zero-order valence-electron chi connectivity index (χ0n) is 6.76. The molecule has 1 atom stereocenters. The summed E-state index contributed by atoms with van der Waals surface area (Å²) in [6.45, 7) is 2.84. The van der Waals surface area contributed by atoms with Crippen molar-refractivity contribution in [2.75, 3.05) is 13.6 Å². The first-order chi connectivity index (χ1) is 4.70. The number of carbonyl (C=O) groups excluding carboxylic acids is 1. The van der Waals surface area contributed by atoms with Gasteiger partial charge in [-0.05, 0) is 33.4 Å². The summed E-state index contributed by atoms with van der Waals surface area (Å²) in [4.78, 5) is 13.0. The fourth-order valence-corrected chi connectivity index (χ4v) is 1.57. The Balaban J connectivity index is 2.33. The van der Waals surface area contributed by atoms with E-state index in [1.54, 1.807) is 6.92 Å². The third kappa shape index (κ3) is 1.81. The van der Waals surface area contributed by atoms with Crippen molar-refractivity contribution in [1.82, 2.24) is 4.90 Å². The van der Waals surface area contributed by atoms with E-state index in [9.17, 15) is 4.79 Å². The minimum absolute atomic E-state index is 0.318. The Morgan fingerprint density at radius 2 is 2.40 bits per heavy atom. The number of nitrogens with zero attached hydrogens (tertiary/aromatic N) is 1. The Labute approximate surface area is 62.2 Å². The Kier molecular flexibility index (Phi) is 2.44. The molecule has 58 valence electrons. The molecule has 1 heterocycles. The zero-order chi connectivity index (χ0) is 7.56. The van der Waals surface area contributed by atoms with Crippen LogP contribution in [0.1, 0.15) is 26.2 Å². The maximum Gasteiger partial charge on any atom is 0.131 e. The van der Waals surface area contributed by atoms with Crippen LogP contribution in [0, 0.1) is 0 Å². The summed E-state index contributed by atoms with van der Waals surface area (Å²) in [7, 11) is 2.10. The summed E-state index contributed by atoms with van der Waals surface area (Å²) >= 11 is 0. The van der Waals surface area contributed by atoms with E-state index in [1.807, 2.05) is 0 Å². The number of likely N-dealkylation sites (tertiary alicyclic amines) is 1. The molecule has 1 aliphatic rings. The first-order valence-electron chi connectivity index (χ1n) is 3.90. The van der Waals surface area contributed by atoms with Crippen molar-refractivity contribution in [3.05, 3.63) is 0 Å². The predicted molar refractivity (Wildman–Crippen MR) is 41.0 cm³/mol. The Hall–Kier alpha value is -0.370. The Bertz CT molecular complexity index is 133. The van der Waals surface area contributed by atoms with Crippen LogP contribution in [-0.2, 0) is 4.79 Å². The maximum atomic E-state index is 10.7. The predicted octanol–water partition coefficient (Wildman–Crippen LogP) is 1.06. The van der Waals surface area contributed by atoms with Crippen molar-refractivity contribution in [1.29, 1.82) is 0 Å². The van der Waals surface area contributed by atoms with Gasteiger partial charge in [0.1, 0.15) is 5.78 Å². The van der Waals surface area contributed by atoms with Crippen molar-refractivity contribution in [3.63, 3.8) is 0 Å². The maximum absolute atomic E-state index is 10.7. The molecule has 0 unspecified atom stereocenters. The fourth-order valence-electron chi connectivity index (χ4n) is 1.57. The van der Waals surface area contributed by atoms with Crippen LogP contribution in [0.3, 0.4) is 0 Å². The molecule has 1 saturated heterocycles. The summed E-state index contributed by atoms with van der Waals surface area (Å²) in [6, 6.07) is 0.539. The normalized spacial score (nSPS) is 27.2. The van der Waals surface area contributed by atoms with Crippen LogP contribution in [0.15, 0.2) is 0 Å². The van der Waals surface area contributed by atoms with Gasteiger partial charge in [0.25, 0.3) is 0 Å². The van der Waals surface area contributed by atoms with E-state index >= 15 is 0 Å². The van der Waals surface area contributed by atoms with Crippen LogP contribution in [0.25, 0.3) is 0 Å². The number of ketones is 1. The smallest absolute Gasteiger partial charge is 0.131 e. The van der Waals surface area contributed by atoms with E-state index in [0.29, 0.717) is 11.8 Å². The number of rotatable bonds is 2. The molecule has 0 aliphatic carbocycles. The fraction of sp³-hybridized carbons (Fsp3) is 0.875. The summed E-state index contributed by atoms with van der Waals surface area (Å²) in [5.41, 5.74) is 0. The van der Waals surface area contributed by atoms with Gasteiger partial charge in [-0.3, -0.25) is 4.79 Å². The molecular formula is C8H15NO. The van der Waals surface area contributed by atoms with Gasteiger partial charge in [-0.2, -0.15) is 0 Å². The molecule has 2 heteroatoms. The van der Waals surface area contributed by atoms with Crippen molar-refractivity contribution >= 4 is 5.78 Å². The van der Waals surface area contributed by atoms with Crippen LogP contribution < -0.4 is 0 Å². The topological polar surface area (TPSA) is 20.3 Å². The second kappa shape index (κ2) is 3.15. The lowest BCUT2D eigenvalue weighted by Crippen LogP contribution is -2.26. The van der Waals surface area contributed by atoms with E-state index in [1.165, 1.54) is 12.8 Å². The number of hydrogen-bond donors (Lipinski definition) is 0. The van der Waals surface area contributed by atoms with Gasteiger partial charge in [0.2, 0.25) is 0 Å². The lowest BCUT2D eigenvalue weighted by Gasteiger charge is -2.17. The minimum Gasteiger partial charge on any atom is -0.303 e. The average molecular weight is 141 g/mol. The highest BCUT2D eigenvalue weighted by Crippen LogP contribution is 2.17. The van der Waals surface area contributed by atoms with E-state index in [4.69, 9.17) is 0 Å². The highest BCUT2D eigenvalue weighted by Gasteiger charge is 2.21. The lowest BCUT2D eigenvalue weighted by molar-refractivity contribution is -0.117. The molecule has 1 fully saturated rings. The zero-order valence-corrected chi connectivity index (χ0v) is 6.76. The van der Waals surface area contributed by atoms with Gasteiger partial charge >= 0.3 is 0 Å². The van der Waals surface area contributed by atoms with Crippen LogP contribution in [-0.4, -0.2) is 30.3 Å². The third-order valence-corrected chi connectivity index (χ3v) is 2.19. The molecule has 0 amide bonds. The molecule has 0 saturated carbocycles. The minimum atomic E-state index is 0.318. The van der Waals surface area contributed by atoms with Gasteiger partial charge in [0.15, 0.2) is 0 Å². The third-order valence-electron chi connectivity index (χ3n) is 2.19. The lowest BCUT2D eigenvalue weighted by atomic mass is 10.1. The van der Waals surface area contributed by atoms with Gasteiger partial charge in [0, 0.05) is 12.5 Å². The van der Waals surface area contributed by atoms with Crippen LogP contribution in [0.2, 0.25) is 0 Å². The Morgan fingerprint density at radius 1 is 1.70 bits per heavy atom. The van der Waals surface area contributed by atoms with Crippen LogP contribution >= 0.6 is 0 Å². The molecule has 0 aromatic carbocycles. The van der Waals surface area contributed by atoms with Crippen molar-refractivity contribution in [3.8, 4) is 0 Å². The van der Waals surface area contributed by atoms with E-state index in [2.05, 4.69) is 11.9 Å². The largest absolute Gasteiger partial charge is 0.303 e. The molecule has 10 heavy (non-hydrogen) atoms. The monoisotopic (exact) mass is 141 g/mol. The molecule has 0 bridgehead atoms. The molecule has 0 aromatic rings. The molecule has 0 radical (unpaired) electrons. The molecular weight excluding hydrogens is 126 g/mol. The van der Waals surface area contributed by atoms with Gasteiger partial charge in [-0.1, -0.05) is 0 Å². The van der Waals surface area contributed by atoms with Crippen molar-refractivity contribution in [2.45, 2.75) is 32.2 Å². The van der Waals surface area contributed by atoms with Gasteiger partial charge < -0.3 is 4.90 Å². The van der Waals surface area contributed by atoms with E-state index in [-0.39, 0.29) is 0 Å². The van der Waals surface area contributed by atoms with E-state index < -0.39 is 0 Å². The Morgan fingerprint density at radius 3 is 2.80 bits per heavy atom. The second-order valence-electron chi connectivity index (χ2n) is 3.18. The SMILES string of the molecule is CC(=O)C[C@@H]1CCCN1C. The summed E-state index contributed by atoms with van der Waals surface area (Å²) in [5.74, 6) is 0.318. The summed E-state index contributed by atoms with van der Waals surface area (Å²) in [5, 5.41) is 0. The average Bonchev–Trinajstić information content (AvgIpc) is 2.15. The van der Waals surface area contributed by atoms with E-state index in [0.717, 1.165) is 13.0 Å². The summed E-state index contributed by atoms with van der Waals surface area (Å²) < 4.78 is 0. The van der Waals surface area contributed by atoms with Crippen LogP contribution in [0.5, 0.6) is 0 Å². The first-order valence-corrected chi connectivity index (χ1v) is 3.90. The molecule has 1 rings (SSSR count). The van der Waals surface area contributed by atoms with Gasteiger partial charge in [0.05, 0.1) is 0 Å². The number of carbonyl (C=O) groups is 1. The highest BCUT2D eigenvalue weighted by atomic mass is 16.1. The molecule has 0 N–H and O–H groups in total. The van der Waals surface area contributed by atoms with Gasteiger partial charge in [-0.15, -0.1) is 0 Å². The van der Waals surface area contributed by atoms with Gasteiger partial charge in [-0.25, -0.2) is 0 Å². The van der Waals surface area contributed by atoms with Crippen molar-refractivity contribution < 1.29 is 4.79 Å². The molecule has 2 nitrogen and oxygen atoms in total. The summed E-state index contributed by atoms with van der Waals surface area (Å²) in [6.07, 6.45) is 3.21. The first kappa shape index (κ1) is 7.73. The quantitative estimate of drug-likeness (QED) is 0.573. The second-order valence-corrected chi connectivity index (χ2v) is 3.18. The van der Waals surface area contributed by atoms with Crippen LogP contribution in [0.4, 0.5) is 0 Å². The number of Topliss-reactive ketones (excluding diaryl/α,β-unsaturated/α-hetero) is 1. The van der Waals surface area contributed by atoms with Crippen molar-refractivity contribution in [2.24, 2.45) is 0 Å². The number of hydrogen-bond acceptors (Lipinski definition) is 2. The highest BCUT2D eigenvalue weighted by molar-refractivity contribution is 5.76. The molecule has 0 aromatic heterocycles. The standard InChI is InChI=1S/C8H15NO/c1-7(10)6-8-4-3-5-9(8)2/h8H,3-6H2,1-2H3/t8-/m0/s1.